The van der Waals surface area contributed by atoms with E-state index in [2.05, 4.69) is 51.1 Å². The largest absolute Gasteiger partial charge is 0.349 e. The molecule has 4 rings (SSSR count). The highest BCUT2D eigenvalue weighted by molar-refractivity contribution is 9.10. The number of hydrogen-bond acceptors (Lipinski definition) is 2. The molecule has 3 atom stereocenters. The van der Waals surface area contributed by atoms with E-state index in [0.29, 0.717) is 18.0 Å². The van der Waals surface area contributed by atoms with Crippen molar-refractivity contribution in [2.75, 3.05) is 13.6 Å². The molecule has 3 N–H and O–H groups in total. The number of hydrogen-bond donors (Lipinski definition) is 2. The van der Waals surface area contributed by atoms with Crippen molar-refractivity contribution in [2.24, 2.45) is 5.73 Å². The molecule has 1 fully saturated rings. The summed E-state index contributed by atoms with van der Waals surface area (Å²) in [5.41, 5.74) is 10.4. The third-order valence-electron chi connectivity index (χ3n) is 4.83. The number of rotatable bonds is 0. The van der Waals surface area contributed by atoms with Crippen LogP contribution < -0.4 is 5.73 Å². The summed E-state index contributed by atoms with van der Waals surface area (Å²) in [6.07, 6.45) is 2.22. The quantitative estimate of drug-likeness (QED) is 0.784. The molecule has 1 aromatic heterocycles. The summed E-state index contributed by atoms with van der Waals surface area (Å²) in [5, 5.41) is 1.43. The van der Waals surface area contributed by atoms with Crippen molar-refractivity contribution in [3.8, 4) is 0 Å². The van der Waals surface area contributed by atoms with Crippen LogP contribution in [-0.2, 0) is 6.42 Å². The number of benzene rings is 1. The van der Waals surface area contributed by atoms with E-state index in [1.54, 1.807) is 0 Å². The molecule has 0 bridgehead atoms. The number of nitrogens with zero attached hydrogens (tertiary/aromatic N) is 1. The lowest BCUT2D eigenvalue weighted by Crippen LogP contribution is -2.52. The molecule has 1 aliphatic heterocycles. The summed E-state index contributed by atoms with van der Waals surface area (Å²) in [6.45, 7) is 1.01. The van der Waals surface area contributed by atoms with Gasteiger partial charge >= 0.3 is 0 Å². The summed E-state index contributed by atoms with van der Waals surface area (Å²) in [4.78, 5) is 5.91. The zero-order valence-corrected chi connectivity index (χ0v) is 12.6. The van der Waals surface area contributed by atoms with Gasteiger partial charge in [0.05, 0.1) is 4.60 Å². The third-order valence-corrected chi connectivity index (χ3v) is 5.51. The standard InChI is InChI=1S/C15H18BrN3/c1-19-7-8(17)5-10-9-3-2-4-12-14(9)11(6-13(10)19)15(16)18-12/h2-4,8,10,13,18H,5-7,17H2,1H3/t8-,10?,13+/m0/s1. The minimum Gasteiger partial charge on any atom is -0.349 e. The Kier molecular flexibility index (Phi) is 2.56. The molecule has 1 aromatic carbocycles. The summed E-state index contributed by atoms with van der Waals surface area (Å²) in [5.74, 6) is 0.577. The van der Waals surface area contributed by atoms with Crippen LogP contribution >= 0.6 is 15.9 Å². The smallest absolute Gasteiger partial charge is 0.0864 e. The topological polar surface area (TPSA) is 45.0 Å². The first kappa shape index (κ1) is 11.9. The Morgan fingerprint density at radius 2 is 2.26 bits per heavy atom. The van der Waals surface area contributed by atoms with E-state index in [9.17, 15) is 0 Å². The van der Waals surface area contributed by atoms with E-state index in [1.807, 2.05) is 0 Å². The van der Waals surface area contributed by atoms with Gasteiger partial charge in [0.15, 0.2) is 0 Å². The van der Waals surface area contributed by atoms with Crippen LogP contribution in [0.2, 0.25) is 0 Å². The number of H-pyrrole nitrogens is 1. The molecule has 1 unspecified atom stereocenters. The number of nitrogens with two attached hydrogens (primary N) is 1. The summed E-state index contributed by atoms with van der Waals surface area (Å²) < 4.78 is 1.15. The van der Waals surface area contributed by atoms with Crippen LogP contribution in [0.1, 0.15) is 23.5 Å². The Morgan fingerprint density at radius 1 is 1.42 bits per heavy atom. The average Bonchev–Trinajstić information content (AvgIpc) is 2.69. The van der Waals surface area contributed by atoms with Crippen LogP contribution in [-0.4, -0.2) is 35.6 Å². The van der Waals surface area contributed by atoms with E-state index in [4.69, 9.17) is 5.73 Å². The fourth-order valence-electron chi connectivity index (χ4n) is 4.03. The first-order valence-electron chi connectivity index (χ1n) is 6.90. The fraction of sp³-hybridized carbons (Fsp3) is 0.467. The lowest BCUT2D eigenvalue weighted by atomic mass is 9.74. The molecule has 3 nitrogen and oxygen atoms in total. The maximum atomic E-state index is 6.23. The first-order valence-corrected chi connectivity index (χ1v) is 7.69. The van der Waals surface area contributed by atoms with Crippen LogP contribution in [0.5, 0.6) is 0 Å². The van der Waals surface area contributed by atoms with Crippen molar-refractivity contribution in [2.45, 2.75) is 30.8 Å². The molecule has 0 spiro atoms. The normalized spacial score (nSPS) is 30.6. The number of halogens is 1. The minimum atomic E-state index is 0.297. The summed E-state index contributed by atoms with van der Waals surface area (Å²) in [7, 11) is 2.21. The number of aromatic amines is 1. The molecule has 19 heavy (non-hydrogen) atoms. The third kappa shape index (κ3) is 1.63. The van der Waals surface area contributed by atoms with Crippen LogP contribution in [0.15, 0.2) is 22.8 Å². The van der Waals surface area contributed by atoms with E-state index >= 15 is 0 Å². The predicted molar refractivity (Wildman–Crippen MR) is 81.5 cm³/mol. The molecule has 100 valence electrons. The predicted octanol–water partition coefficient (Wildman–Crippen LogP) is 2.60. The summed E-state index contributed by atoms with van der Waals surface area (Å²) >= 11 is 3.69. The number of likely N-dealkylation sites (N-methyl/N-ethyl adjacent to an activating group) is 1. The van der Waals surface area contributed by atoms with Crippen LogP contribution in [0.4, 0.5) is 0 Å². The first-order chi connectivity index (χ1) is 9.15. The van der Waals surface area contributed by atoms with Crippen molar-refractivity contribution in [3.63, 3.8) is 0 Å². The molecular formula is C15H18BrN3. The number of likely N-dealkylation sites (tertiary alicyclic amines) is 1. The second-order valence-corrected chi connectivity index (χ2v) is 6.79. The maximum absolute atomic E-state index is 6.23. The molecule has 0 saturated carbocycles. The van der Waals surface area contributed by atoms with Gasteiger partial charge in [0.25, 0.3) is 0 Å². The Balaban J connectivity index is 1.95. The monoisotopic (exact) mass is 319 g/mol. The fourth-order valence-corrected chi connectivity index (χ4v) is 4.60. The Hall–Kier alpha value is -0.840. The van der Waals surface area contributed by atoms with Crippen molar-refractivity contribution in [1.82, 2.24) is 9.88 Å². The van der Waals surface area contributed by atoms with Gasteiger partial charge in [0.2, 0.25) is 0 Å². The maximum Gasteiger partial charge on any atom is 0.0864 e. The van der Waals surface area contributed by atoms with E-state index in [1.165, 1.54) is 22.0 Å². The van der Waals surface area contributed by atoms with Gasteiger partial charge in [-0.1, -0.05) is 12.1 Å². The molecule has 1 saturated heterocycles. The zero-order valence-electron chi connectivity index (χ0n) is 11.0. The Bertz CT molecular complexity index is 648. The number of aromatic nitrogens is 1. The highest BCUT2D eigenvalue weighted by Gasteiger charge is 2.39. The van der Waals surface area contributed by atoms with Gasteiger partial charge in [-0.25, -0.2) is 0 Å². The van der Waals surface area contributed by atoms with E-state index in [-0.39, 0.29) is 0 Å². The molecule has 2 heterocycles. The minimum absolute atomic E-state index is 0.297. The Morgan fingerprint density at radius 3 is 3.11 bits per heavy atom. The van der Waals surface area contributed by atoms with Crippen molar-refractivity contribution >= 4 is 26.8 Å². The molecule has 0 radical (unpaired) electrons. The van der Waals surface area contributed by atoms with Crippen molar-refractivity contribution in [1.29, 1.82) is 0 Å². The average molecular weight is 320 g/mol. The summed E-state index contributed by atoms with van der Waals surface area (Å²) in [6, 6.07) is 7.50. The molecule has 4 heteroatoms. The van der Waals surface area contributed by atoms with Crippen LogP contribution in [0.25, 0.3) is 10.9 Å². The highest BCUT2D eigenvalue weighted by atomic mass is 79.9. The van der Waals surface area contributed by atoms with Gasteiger partial charge in [-0.3, -0.25) is 0 Å². The number of nitrogens with one attached hydrogen (secondary N) is 1. The van der Waals surface area contributed by atoms with Gasteiger partial charge < -0.3 is 15.6 Å². The van der Waals surface area contributed by atoms with E-state index < -0.39 is 0 Å². The number of fused-ring (bicyclic) bond motifs is 2. The molecular weight excluding hydrogens is 302 g/mol. The van der Waals surface area contributed by atoms with Gasteiger partial charge in [-0.15, -0.1) is 0 Å². The lowest BCUT2D eigenvalue weighted by molar-refractivity contribution is 0.141. The lowest BCUT2D eigenvalue weighted by Gasteiger charge is -2.44. The van der Waals surface area contributed by atoms with Gasteiger partial charge in [-0.2, -0.15) is 0 Å². The van der Waals surface area contributed by atoms with Crippen LogP contribution in [0, 0.1) is 0 Å². The van der Waals surface area contributed by atoms with Crippen molar-refractivity contribution < 1.29 is 0 Å². The van der Waals surface area contributed by atoms with Gasteiger partial charge in [0.1, 0.15) is 0 Å². The molecule has 1 aliphatic carbocycles. The van der Waals surface area contributed by atoms with Gasteiger partial charge in [-0.05, 0) is 53.0 Å². The molecule has 2 aromatic rings. The van der Waals surface area contributed by atoms with Crippen molar-refractivity contribution in [3.05, 3.63) is 33.9 Å². The SMILES string of the molecule is CN1C[C@@H](N)CC2c3cccc4[nH]c(Br)c(c34)C[C@H]21. The highest BCUT2D eigenvalue weighted by Crippen LogP contribution is 2.44. The second kappa shape index (κ2) is 4.08. The number of piperidine rings is 1. The zero-order chi connectivity index (χ0) is 13.1. The molecule has 2 aliphatic rings. The molecule has 0 amide bonds. The Labute approximate surface area is 121 Å². The van der Waals surface area contributed by atoms with Gasteiger partial charge in [0, 0.05) is 35.4 Å². The van der Waals surface area contributed by atoms with E-state index in [0.717, 1.165) is 24.0 Å². The van der Waals surface area contributed by atoms with Crippen LogP contribution in [0.3, 0.4) is 0 Å². The second-order valence-electron chi connectivity index (χ2n) is 6.00.